The maximum absolute atomic E-state index is 6.13. The molecule has 17 heavy (non-hydrogen) atoms. The summed E-state index contributed by atoms with van der Waals surface area (Å²) in [4.78, 5) is 0. The first-order chi connectivity index (χ1) is 8.32. The van der Waals surface area contributed by atoms with Crippen molar-refractivity contribution in [2.45, 2.75) is 31.6 Å². The van der Waals surface area contributed by atoms with E-state index in [1.165, 1.54) is 25.7 Å². The van der Waals surface area contributed by atoms with Crippen LogP contribution in [0.15, 0.2) is 30.3 Å². The van der Waals surface area contributed by atoms with Gasteiger partial charge in [-0.05, 0) is 66.9 Å². The molecule has 0 spiro atoms. The smallest absolute Gasteiger partial charge is 0.00174 e. The third-order valence-electron chi connectivity index (χ3n) is 5.62. The average Bonchev–Trinajstić information content (AvgIpc) is 3.29. The number of rotatable bonds is 3. The van der Waals surface area contributed by atoms with Gasteiger partial charge in [0, 0.05) is 0 Å². The first-order valence-electron chi connectivity index (χ1n) is 7.07. The zero-order valence-electron chi connectivity index (χ0n) is 10.3. The van der Waals surface area contributed by atoms with Gasteiger partial charge in [0.25, 0.3) is 0 Å². The molecular weight excluding hydrogens is 206 g/mol. The van der Waals surface area contributed by atoms with Crippen LogP contribution in [0.25, 0.3) is 0 Å². The van der Waals surface area contributed by atoms with Gasteiger partial charge >= 0.3 is 0 Å². The highest BCUT2D eigenvalue weighted by Gasteiger charge is 2.61. The fraction of sp³-hybridized carbons (Fsp3) is 0.625. The van der Waals surface area contributed by atoms with Crippen LogP contribution in [0, 0.1) is 23.2 Å². The highest BCUT2D eigenvalue weighted by Crippen LogP contribution is 2.69. The van der Waals surface area contributed by atoms with Crippen molar-refractivity contribution in [2.75, 3.05) is 6.54 Å². The predicted molar refractivity (Wildman–Crippen MR) is 69.6 cm³/mol. The molecule has 4 unspecified atom stereocenters. The Balaban J connectivity index is 1.54. The van der Waals surface area contributed by atoms with Gasteiger partial charge in [-0.3, -0.25) is 0 Å². The molecule has 0 saturated heterocycles. The molecular formula is C16H21N. The van der Waals surface area contributed by atoms with Crippen LogP contribution in [-0.4, -0.2) is 6.54 Å². The van der Waals surface area contributed by atoms with E-state index in [1.54, 1.807) is 5.56 Å². The Bertz CT molecular complexity index is 414. The minimum absolute atomic E-state index is 0.522. The SMILES string of the molecule is NCC1(C2CC2c2ccccc2)CC2CC2C1. The molecule has 0 aromatic heterocycles. The summed E-state index contributed by atoms with van der Waals surface area (Å²) in [6, 6.07) is 11.1. The van der Waals surface area contributed by atoms with E-state index in [-0.39, 0.29) is 0 Å². The quantitative estimate of drug-likeness (QED) is 0.843. The lowest BCUT2D eigenvalue weighted by Gasteiger charge is -2.30. The highest BCUT2D eigenvalue weighted by molar-refractivity contribution is 5.28. The monoisotopic (exact) mass is 227 g/mol. The second kappa shape index (κ2) is 3.35. The molecule has 0 amide bonds. The van der Waals surface area contributed by atoms with Gasteiger partial charge in [0.1, 0.15) is 0 Å². The van der Waals surface area contributed by atoms with Crippen molar-refractivity contribution in [1.29, 1.82) is 0 Å². The van der Waals surface area contributed by atoms with E-state index in [0.29, 0.717) is 5.41 Å². The van der Waals surface area contributed by atoms with Crippen molar-refractivity contribution in [1.82, 2.24) is 0 Å². The molecule has 0 bridgehead atoms. The molecule has 3 aliphatic rings. The molecule has 1 aromatic rings. The van der Waals surface area contributed by atoms with Crippen molar-refractivity contribution in [3.05, 3.63) is 35.9 Å². The molecule has 3 saturated carbocycles. The minimum atomic E-state index is 0.522. The number of nitrogens with two attached hydrogens (primary N) is 1. The summed E-state index contributed by atoms with van der Waals surface area (Å²) in [5, 5.41) is 0. The van der Waals surface area contributed by atoms with Gasteiger partial charge in [-0.25, -0.2) is 0 Å². The second-order valence-electron chi connectivity index (χ2n) is 6.59. The highest BCUT2D eigenvalue weighted by atomic mass is 14.7. The number of benzene rings is 1. The average molecular weight is 227 g/mol. The summed E-state index contributed by atoms with van der Waals surface area (Å²) >= 11 is 0. The lowest BCUT2D eigenvalue weighted by Crippen LogP contribution is -2.31. The molecule has 0 heterocycles. The van der Waals surface area contributed by atoms with E-state index in [1.807, 2.05) is 0 Å². The predicted octanol–water partition coefficient (Wildman–Crippen LogP) is 3.17. The summed E-state index contributed by atoms with van der Waals surface area (Å²) in [6.07, 6.45) is 5.76. The third-order valence-corrected chi connectivity index (χ3v) is 5.62. The van der Waals surface area contributed by atoms with Crippen LogP contribution in [0.3, 0.4) is 0 Å². The first kappa shape index (κ1) is 10.1. The number of fused-ring (bicyclic) bond motifs is 1. The largest absolute Gasteiger partial charge is 0.330 e. The Hall–Kier alpha value is -0.820. The fourth-order valence-electron chi connectivity index (χ4n) is 4.50. The minimum Gasteiger partial charge on any atom is -0.330 e. The van der Waals surface area contributed by atoms with E-state index < -0.39 is 0 Å². The standard InChI is InChI=1S/C16H21N/c17-10-16(8-12-6-13(12)9-16)15-7-14(15)11-4-2-1-3-5-11/h1-5,12-15H,6-10,17H2. The first-order valence-corrected chi connectivity index (χ1v) is 7.07. The second-order valence-corrected chi connectivity index (χ2v) is 6.59. The molecule has 3 fully saturated rings. The third kappa shape index (κ3) is 1.48. The van der Waals surface area contributed by atoms with E-state index >= 15 is 0 Å². The maximum Gasteiger partial charge on any atom is -0.00174 e. The zero-order chi connectivity index (χ0) is 11.5. The fourth-order valence-corrected chi connectivity index (χ4v) is 4.50. The molecule has 2 N–H and O–H groups in total. The van der Waals surface area contributed by atoms with Gasteiger partial charge < -0.3 is 5.73 Å². The van der Waals surface area contributed by atoms with Crippen LogP contribution in [0.4, 0.5) is 0 Å². The molecule has 4 rings (SSSR count). The number of hydrogen-bond donors (Lipinski definition) is 1. The van der Waals surface area contributed by atoms with E-state index in [9.17, 15) is 0 Å². The molecule has 0 radical (unpaired) electrons. The van der Waals surface area contributed by atoms with Gasteiger partial charge in [0.2, 0.25) is 0 Å². The summed E-state index contributed by atoms with van der Waals surface area (Å²) in [6.45, 7) is 0.925. The summed E-state index contributed by atoms with van der Waals surface area (Å²) in [5.74, 6) is 3.81. The molecule has 4 atom stereocenters. The molecule has 1 nitrogen and oxygen atoms in total. The summed E-state index contributed by atoms with van der Waals surface area (Å²) in [7, 11) is 0. The van der Waals surface area contributed by atoms with Gasteiger partial charge in [-0.15, -0.1) is 0 Å². The number of hydrogen-bond acceptors (Lipinski definition) is 1. The van der Waals surface area contributed by atoms with Crippen molar-refractivity contribution in [3.63, 3.8) is 0 Å². The lowest BCUT2D eigenvalue weighted by molar-refractivity contribution is 0.225. The van der Waals surface area contributed by atoms with Crippen LogP contribution in [-0.2, 0) is 0 Å². The normalized spacial score (nSPS) is 46.6. The van der Waals surface area contributed by atoms with Crippen molar-refractivity contribution < 1.29 is 0 Å². The van der Waals surface area contributed by atoms with Crippen molar-refractivity contribution in [2.24, 2.45) is 28.9 Å². The van der Waals surface area contributed by atoms with Gasteiger partial charge in [-0.1, -0.05) is 30.3 Å². The van der Waals surface area contributed by atoms with E-state index in [0.717, 1.165) is 30.2 Å². The Morgan fingerprint density at radius 2 is 1.76 bits per heavy atom. The lowest BCUT2D eigenvalue weighted by atomic mass is 9.77. The topological polar surface area (TPSA) is 26.0 Å². The van der Waals surface area contributed by atoms with E-state index in [2.05, 4.69) is 30.3 Å². The Morgan fingerprint density at radius 1 is 1.06 bits per heavy atom. The summed E-state index contributed by atoms with van der Waals surface area (Å²) in [5.41, 5.74) is 8.20. The van der Waals surface area contributed by atoms with Crippen LogP contribution in [0.2, 0.25) is 0 Å². The summed E-state index contributed by atoms with van der Waals surface area (Å²) < 4.78 is 0. The molecule has 1 heteroatoms. The Labute approximate surface area is 103 Å². The molecule has 1 aromatic carbocycles. The Kier molecular flexibility index (Phi) is 2.00. The van der Waals surface area contributed by atoms with Gasteiger partial charge in [0.05, 0.1) is 0 Å². The van der Waals surface area contributed by atoms with Gasteiger partial charge in [0.15, 0.2) is 0 Å². The van der Waals surface area contributed by atoms with Crippen LogP contribution in [0.1, 0.15) is 37.2 Å². The maximum atomic E-state index is 6.13. The molecule has 3 aliphatic carbocycles. The Morgan fingerprint density at radius 3 is 2.41 bits per heavy atom. The molecule has 0 aliphatic heterocycles. The van der Waals surface area contributed by atoms with E-state index in [4.69, 9.17) is 5.73 Å². The molecule has 90 valence electrons. The van der Waals surface area contributed by atoms with Crippen LogP contribution < -0.4 is 5.73 Å². The zero-order valence-corrected chi connectivity index (χ0v) is 10.3. The van der Waals surface area contributed by atoms with Crippen molar-refractivity contribution >= 4 is 0 Å². The van der Waals surface area contributed by atoms with Crippen LogP contribution in [0.5, 0.6) is 0 Å². The van der Waals surface area contributed by atoms with Crippen LogP contribution >= 0.6 is 0 Å². The van der Waals surface area contributed by atoms with Crippen molar-refractivity contribution in [3.8, 4) is 0 Å². The van der Waals surface area contributed by atoms with Gasteiger partial charge in [-0.2, -0.15) is 0 Å².